The van der Waals surface area contributed by atoms with Gasteiger partial charge in [-0.1, -0.05) is 27.2 Å². The highest BCUT2D eigenvalue weighted by atomic mass is 16.2. The zero-order valence-corrected chi connectivity index (χ0v) is 14.6. The van der Waals surface area contributed by atoms with Gasteiger partial charge in [0, 0.05) is 18.6 Å². The number of carbonyl (C=O) groups excluding carboxylic acids is 1. The van der Waals surface area contributed by atoms with E-state index in [-0.39, 0.29) is 11.9 Å². The summed E-state index contributed by atoms with van der Waals surface area (Å²) in [7, 11) is 0. The van der Waals surface area contributed by atoms with Crippen molar-refractivity contribution in [2.24, 2.45) is 5.92 Å². The largest absolute Gasteiger partial charge is 0.354 e. The van der Waals surface area contributed by atoms with Crippen molar-refractivity contribution in [2.45, 2.75) is 78.4 Å². The molecular weight excluding hydrogens is 262 g/mol. The van der Waals surface area contributed by atoms with Crippen LogP contribution in [0.3, 0.4) is 0 Å². The summed E-state index contributed by atoms with van der Waals surface area (Å²) in [6.07, 6.45) is 4.83. The van der Waals surface area contributed by atoms with Crippen LogP contribution in [-0.2, 0) is 4.79 Å². The Bertz CT molecular complexity index is 306. The molecule has 2 N–H and O–H groups in total. The van der Waals surface area contributed by atoms with E-state index in [1.807, 2.05) is 0 Å². The normalized spacial score (nSPS) is 23.0. The van der Waals surface area contributed by atoms with Crippen LogP contribution in [-0.4, -0.2) is 48.6 Å². The minimum atomic E-state index is -0.0278. The summed E-state index contributed by atoms with van der Waals surface area (Å²) < 4.78 is 0. The topological polar surface area (TPSA) is 44.4 Å². The number of nitrogens with one attached hydrogen (secondary N) is 2. The van der Waals surface area contributed by atoms with Gasteiger partial charge >= 0.3 is 0 Å². The van der Waals surface area contributed by atoms with Gasteiger partial charge < -0.3 is 10.6 Å². The molecule has 1 aliphatic rings. The van der Waals surface area contributed by atoms with E-state index < -0.39 is 0 Å². The lowest BCUT2D eigenvalue weighted by molar-refractivity contribution is -0.127. The molecule has 3 unspecified atom stereocenters. The lowest BCUT2D eigenvalue weighted by atomic mass is 9.94. The molecule has 0 bridgehead atoms. The zero-order valence-electron chi connectivity index (χ0n) is 14.6. The maximum atomic E-state index is 12.4. The van der Waals surface area contributed by atoms with Gasteiger partial charge in [-0.25, -0.2) is 0 Å². The first-order valence-corrected chi connectivity index (χ1v) is 8.74. The van der Waals surface area contributed by atoms with E-state index in [1.165, 1.54) is 19.3 Å². The lowest BCUT2D eigenvalue weighted by Gasteiger charge is -2.42. The van der Waals surface area contributed by atoms with Crippen LogP contribution < -0.4 is 10.6 Å². The molecule has 1 fully saturated rings. The predicted octanol–water partition coefficient (Wildman–Crippen LogP) is 2.39. The number of likely N-dealkylation sites (tertiary alicyclic amines) is 1. The van der Waals surface area contributed by atoms with Crippen molar-refractivity contribution in [3.8, 4) is 0 Å². The van der Waals surface area contributed by atoms with Crippen molar-refractivity contribution in [1.29, 1.82) is 0 Å². The van der Waals surface area contributed by atoms with E-state index in [4.69, 9.17) is 0 Å². The quantitative estimate of drug-likeness (QED) is 0.723. The summed E-state index contributed by atoms with van der Waals surface area (Å²) >= 11 is 0. The summed E-state index contributed by atoms with van der Waals surface area (Å²) in [5, 5.41) is 6.68. The zero-order chi connectivity index (χ0) is 15.8. The average Bonchev–Trinajstić information content (AvgIpc) is 2.49. The van der Waals surface area contributed by atoms with Crippen molar-refractivity contribution in [1.82, 2.24) is 15.5 Å². The molecular formula is C17H35N3O. The number of hydrogen-bond donors (Lipinski definition) is 2. The molecule has 124 valence electrons. The second-order valence-corrected chi connectivity index (χ2v) is 6.86. The monoisotopic (exact) mass is 297 g/mol. The van der Waals surface area contributed by atoms with Crippen LogP contribution in [0.2, 0.25) is 0 Å². The highest BCUT2D eigenvalue weighted by molar-refractivity contribution is 5.81. The van der Waals surface area contributed by atoms with Crippen molar-refractivity contribution in [2.75, 3.05) is 19.6 Å². The first kappa shape index (κ1) is 18.4. The second-order valence-electron chi connectivity index (χ2n) is 6.86. The van der Waals surface area contributed by atoms with E-state index in [1.54, 1.807) is 0 Å². The SMILES string of the molecule is CCCNC(C)C1CCCCN1C(C)C(=O)NCC(C)C. The molecule has 0 saturated carbocycles. The molecule has 0 aliphatic carbocycles. The smallest absolute Gasteiger partial charge is 0.237 e. The van der Waals surface area contributed by atoms with Crippen LogP contribution in [0, 0.1) is 5.92 Å². The van der Waals surface area contributed by atoms with Gasteiger partial charge in [-0.15, -0.1) is 0 Å². The van der Waals surface area contributed by atoms with Crippen molar-refractivity contribution in [3.05, 3.63) is 0 Å². The molecule has 0 spiro atoms. The summed E-state index contributed by atoms with van der Waals surface area (Å²) in [6.45, 7) is 13.6. The molecule has 1 aliphatic heterocycles. The maximum Gasteiger partial charge on any atom is 0.237 e. The molecule has 1 saturated heterocycles. The molecule has 21 heavy (non-hydrogen) atoms. The summed E-state index contributed by atoms with van der Waals surface area (Å²) in [6, 6.07) is 0.899. The van der Waals surface area contributed by atoms with Crippen molar-refractivity contribution in [3.63, 3.8) is 0 Å². The Kier molecular flexibility index (Phi) is 8.27. The van der Waals surface area contributed by atoms with Gasteiger partial charge in [0.2, 0.25) is 5.91 Å². The third kappa shape index (κ3) is 5.95. The molecule has 1 heterocycles. The summed E-state index contributed by atoms with van der Waals surface area (Å²) in [4.78, 5) is 14.8. The Morgan fingerprint density at radius 1 is 1.24 bits per heavy atom. The third-order valence-corrected chi connectivity index (χ3v) is 4.45. The Morgan fingerprint density at radius 3 is 2.57 bits per heavy atom. The molecule has 4 heteroatoms. The van der Waals surface area contributed by atoms with Crippen LogP contribution >= 0.6 is 0 Å². The molecule has 1 rings (SSSR count). The van der Waals surface area contributed by atoms with Gasteiger partial charge in [0.15, 0.2) is 0 Å². The first-order valence-electron chi connectivity index (χ1n) is 8.74. The molecule has 1 amide bonds. The minimum Gasteiger partial charge on any atom is -0.354 e. The van der Waals surface area contributed by atoms with Gasteiger partial charge in [0.05, 0.1) is 6.04 Å². The van der Waals surface area contributed by atoms with E-state index in [2.05, 4.69) is 50.2 Å². The molecule has 0 aromatic rings. The fourth-order valence-electron chi connectivity index (χ4n) is 3.11. The summed E-state index contributed by atoms with van der Waals surface area (Å²) in [5.41, 5.74) is 0. The van der Waals surface area contributed by atoms with Gasteiger partial charge in [-0.3, -0.25) is 9.69 Å². The van der Waals surface area contributed by atoms with Crippen molar-refractivity contribution >= 4 is 5.91 Å². The summed E-state index contributed by atoms with van der Waals surface area (Å²) in [5.74, 6) is 0.682. The fourth-order valence-corrected chi connectivity index (χ4v) is 3.11. The number of rotatable bonds is 8. The van der Waals surface area contributed by atoms with Crippen molar-refractivity contribution < 1.29 is 4.79 Å². The molecule has 3 atom stereocenters. The van der Waals surface area contributed by atoms with Gasteiger partial charge in [0.25, 0.3) is 0 Å². The Hall–Kier alpha value is -0.610. The standard InChI is InChI=1S/C17H35N3O/c1-6-10-18-14(4)16-9-7-8-11-20(16)15(5)17(21)19-12-13(2)3/h13-16,18H,6-12H2,1-5H3,(H,19,21). The van der Waals surface area contributed by atoms with Gasteiger partial charge in [0.1, 0.15) is 0 Å². The predicted molar refractivity (Wildman–Crippen MR) is 89.4 cm³/mol. The molecule has 4 nitrogen and oxygen atoms in total. The van der Waals surface area contributed by atoms with E-state index >= 15 is 0 Å². The molecule has 0 aromatic heterocycles. The maximum absolute atomic E-state index is 12.4. The van der Waals surface area contributed by atoms with Gasteiger partial charge in [-0.05, 0) is 52.1 Å². The van der Waals surface area contributed by atoms with Crippen LogP contribution in [0.25, 0.3) is 0 Å². The fraction of sp³-hybridized carbons (Fsp3) is 0.941. The van der Waals surface area contributed by atoms with E-state index in [0.29, 0.717) is 18.0 Å². The Balaban J connectivity index is 2.60. The van der Waals surface area contributed by atoms with E-state index in [9.17, 15) is 4.79 Å². The minimum absolute atomic E-state index is 0.0278. The van der Waals surface area contributed by atoms with Crippen LogP contribution in [0.4, 0.5) is 0 Å². The van der Waals surface area contributed by atoms with Crippen LogP contribution in [0.5, 0.6) is 0 Å². The number of piperidine rings is 1. The molecule has 0 radical (unpaired) electrons. The Labute approximate surface area is 131 Å². The number of nitrogens with zero attached hydrogens (tertiary/aromatic N) is 1. The lowest BCUT2D eigenvalue weighted by Crippen LogP contribution is -2.57. The number of hydrogen-bond acceptors (Lipinski definition) is 3. The highest BCUT2D eigenvalue weighted by Gasteiger charge is 2.33. The highest BCUT2D eigenvalue weighted by Crippen LogP contribution is 2.22. The number of amides is 1. The Morgan fingerprint density at radius 2 is 1.95 bits per heavy atom. The first-order chi connectivity index (χ1) is 9.97. The van der Waals surface area contributed by atoms with Crippen LogP contribution in [0.15, 0.2) is 0 Å². The van der Waals surface area contributed by atoms with Gasteiger partial charge in [-0.2, -0.15) is 0 Å². The van der Waals surface area contributed by atoms with E-state index in [0.717, 1.165) is 26.1 Å². The third-order valence-electron chi connectivity index (χ3n) is 4.45. The second kappa shape index (κ2) is 9.42. The number of carbonyl (C=O) groups is 1. The van der Waals surface area contributed by atoms with Crippen LogP contribution in [0.1, 0.15) is 60.3 Å². The molecule has 0 aromatic carbocycles. The average molecular weight is 297 g/mol.